The first kappa shape index (κ1) is 12.8. The Morgan fingerprint density at radius 2 is 2.06 bits per heavy atom. The molecule has 0 radical (unpaired) electrons. The van der Waals surface area contributed by atoms with Crippen molar-refractivity contribution < 1.29 is 4.79 Å². The van der Waals surface area contributed by atoms with E-state index in [1.54, 1.807) is 0 Å². The molecule has 1 atom stereocenters. The summed E-state index contributed by atoms with van der Waals surface area (Å²) in [4.78, 5) is 13.9. The lowest BCUT2D eigenvalue weighted by Crippen LogP contribution is -2.40. The van der Waals surface area contributed by atoms with Crippen molar-refractivity contribution >= 4 is 5.91 Å². The molecular weight excluding hydrogens is 214 g/mol. The Labute approximate surface area is 104 Å². The third-order valence-electron chi connectivity index (χ3n) is 3.73. The van der Waals surface area contributed by atoms with Crippen LogP contribution in [0.4, 0.5) is 0 Å². The van der Waals surface area contributed by atoms with E-state index in [-0.39, 0.29) is 5.91 Å². The molecule has 0 spiro atoms. The topological polar surface area (TPSA) is 44.4 Å². The Bertz CT molecular complexity index is 261. The Balaban J connectivity index is 1.48. The number of carbonyl (C=O) groups is 1. The van der Waals surface area contributed by atoms with E-state index in [4.69, 9.17) is 0 Å². The molecular formula is C13H25N3O. The first-order valence-electron chi connectivity index (χ1n) is 6.89. The number of likely N-dealkylation sites (N-methyl/N-ethyl adjacent to an activating group) is 1. The molecule has 2 rings (SSSR count). The molecule has 0 heterocycles. The van der Waals surface area contributed by atoms with Gasteiger partial charge < -0.3 is 10.6 Å². The van der Waals surface area contributed by atoms with Gasteiger partial charge in [0, 0.05) is 37.6 Å². The molecule has 0 aliphatic heterocycles. The van der Waals surface area contributed by atoms with Gasteiger partial charge in [0.05, 0.1) is 0 Å². The van der Waals surface area contributed by atoms with Gasteiger partial charge in [0.25, 0.3) is 0 Å². The minimum atomic E-state index is 0.197. The van der Waals surface area contributed by atoms with Crippen molar-refractivity contribution in [3.8, 4) is 0 Å². The molecule has 1 unspecified atom stereocenters. The van der Waals surface area contributed by atoms with Gasteiger partial charge in [0.15, 0.2) is 0 Å². The number of rotatable bonds is 8. The molecule has 2 saturated carbocycles. The molecule has 1 amide bonds. The van der Waals surface area contributed by atoms with Gasteiger partial charge in [-0.2, -0.15) is 0 Å². The SMILES string of the molecule is CC(CNCCC(=O)NC1CC1)N(C)C1CC1. The molecule has 4 heteroatoms. The largest absolute Gasteiger partial charge is 0.353 e. The number of hydrogen-bond acceptors (Lipinski definition) is 3. The lowest BCUT2D eigenvalue weighted by atomic mass is 10.3. The lowest BCUT2D eigenvalue weighted by Gasteiger charge is -2.24. The number of nitrogens with one attached hydrogen (secondary N) is 2. The Morgan fingerprint density at radius 1 is 1.35 bits per heavy atom. The van der Waals surface area contributed by atoms with Crippen LogP contribution >= 0.6 is 0 Å². The Hall–Kier alpha value is -0.610. The van der Waals surface area contributed by atoms with E-state index < -0.39 is 0 Å². The van der Waals surface area contributed by atoms with Gasteiger partial charge in [0.2, 0.25) is 5.91 Å². The first-order valence-corrected chi connectivity index (χ1v) is 6.89. The normalized spacial score (nSPS) is 21.6. The van der Waals surface area contributed by atoms with Crippen LogP contribution in [0.3, 0.4) is 0 Å². The first-order chi connectivity index (χ1) is 8.16. The molecule has 2 fully saturated rings. The summed E-state index contributed by atoms with van der Waals surface area (Å²) in [5.74, 6) is 0.197. The van der Waals surface area contributed by atoms with Gasteiger partial charge in [-0.05, 0) is 39.7 Å². The zero-order chi connectivity index (χ0) is 12.3. The van der Waals surface area contributed by atoms with Crippen LogP contribution in [0.5, 0.6) is 0 Å². The predicted molar refractivity (Wildman–Crippen MR) is 68.9 cm³/mol. The third kappa shape index (κ3) is 4.64. The molecule has 0 aromatic rings. The molecule has 17 heavy (non-hydrogen) atoms. The van der Waals surface area contributed by atoms with E-state index in [9.17, 15) is 4.79 Å². The summed E-state index contributed by atoms with van der Waals surface area (Å²) >= 11 is 0. The van der Waals surface area contributed by atoms with Gasteiger partial charge in [-0.25, -0.2) is 0 Å². The lowest BCUT2D eigenvalue weighted by molar-refractivity contribution is -0.121. The monoisotopic (exact) mass is 239 g/mol. The van der Waals surface area contributed by atoms with Crippen molar-refractivity contribution in [1.29, 1.82) is 0 Å². The van der Waals surface area contributed by atoms with Crippen LogP contribution in [0, 0.1) is 0 Å². The van der Waals surface area contributed by atoms with E-state index in [0.717, 1.165) is 19.1 Å². The molecule has 98 valence electrons. The van der Waals surface area contributed by atoms with Crippen molar-refractivity contribution in [3.63, 3.8) is 0 Å². The van der Waals surface area contributed by atoms with Crippen LogP contribution in [-0.4, -0.2) is 49.1 Å². The number of hydrogen-bond donors (Lipinski definition) is 2. The summed E-state index contributed by atoms with van der Waals surface area (Å²) in [6, 6.07) is 1.86. The van der Waals surface area contributed by atoms with Crippen LogP contribution in [0.1, 0.15) is 39.0 Å². The molecule has 0 aromatic heterocycles. The van der Waals surface area contributed by atoms with Crippen LogP contribution in [0.2, 0.25) is 0 Å². The fraction of sp³-hybridized carbons (Fsp3) is 0.923. The van der Waals surface area contributed by atoms with Crippen molar-refractivity contribution in [1.82, 2.24) is 15.5 Å². The Kier molecular flexibility index (Phi) is 4.40. The molecule has 0 aromatic carbocycles. The Morgan fingerprint density at radius 3 is 2.65 bits per heavy atom. The molecule has 2 aliphatic rings. The third-order valence-corrected chi connectivity index (χ3v) is 3.73. The van der Waals surface area contributed by atoms with Gasteiger partial charge in [0.1, 0.15) is 0 Å². The minimum absolute atomic E-state index is 0.197. The summed E-state index contributed by atoms with van der Waals surface area (Å²) in [7, 11) is 2.20. The highest BCUT2D eigenvalue weighted by atomic mass is 16.1. The quantitative estimate of drug-likeness (QED) is 0.614. The molecule has 2 aliphatic carbocycles. The van der Waals surface area contributed by atoms with Crippen molar-refractivity contribution in [2.24, 2.45) is 0 Å². The number of carbonyl (C=O) groups excluding carboxylic acids is 1. The highest BCUT2D eigenvalue weighted by Crippen LogP contribution is 2.26. The summed E-state index contributed by atoms with van der Waals surface area (Å²) in [6.45, 7) is 4.01. The van der Waals surface area contributed by atoms with E-state index in [1.807, 2.05) is 0 Å². The molecule has 0 saturated heterocycles. The highest BCUT2D eigenvalue weighted by molar-refractivity contribution is 5.76. The molecule has 2 N–H and O–H groups in total. The van der Waals surface area contributed by atoms with Crippen LogP contribution in [0.15, 0.2) is 0 Å². The maximum absolute atomic E-state index is 11.4. The second-order valence-electron chi connectivity index (χ2n) is 5.54. The maximum Gasteiger partial charge on any atom is 0.221 e. The second-order valence-corrected chi connectivity index (χ2v) is 5.54. The van der Waals surface area contributed by atoms with Gasteiger partial charge in [-0.1, -0.05) is 0 Å². The van der Waals surface area contributed by atoms with E-state index in [1.165, 1.54) is 25.7 Å². The standard InChI is InChI=1S/C13H25N3O/c1-10(16(2)12-5-6-12)9-14-8-7-13(17)15-11-3-4-11/h10-12,14H,3-9H2,1-2H3,(H,15,17). The fourth-order valence-corrected chi connectivity index (χ4v) is 2.03. The summed E-state index contributed by atoms with van der Waals surface area (Å²) < 4.78 is 0. The molecule has 4 nitrogen and oxygen atoms in total. The van der Waals surface area contributed by atoms with Crippen LogP contribution in [0.25, 0.3) is 0 Å². The van der Waals surface area contributed by atoms with Gasteiger partial charge >= 0.3 is 0 Å². The molecule has 0 bridgehead atoms. The smallest absolute Gasteiger partial charge is 0.221 e. The van der Waals surface area contributed by atoms with Gasteiger partial charge in [-0.3, -0.25) is 9.69 Å². The van der Waals surface area contributed by atoms with Crippen LogP contribution < -0.4 is 10.6 Å². The summed E-state index contributed by atoms with van der Waals surface area (Å²) in [5.41, 5.74) is 0. The van der Waals surface area contributed by atoms with Gasteiger partial charge in [-0.15, -0.1) is 0 Å². The zero-order valence-corrected chi connectivity index (χ0v) is 11.0. The zero-order valence-electron chi connectivity index (χ0n) is 11.0. The number of amides is 1. The predicted octanol–water partition coefficient (Wildman–Crippen LogP) is 0.727. The van der Waals surface area contributed by atoms with Crippen molar-refractivity contribution in [2.45, 2.75) is 57.2 Å². The highest BCUT2D eigenvalue weighted by Gasteiger charge is 2.28. The average Bonchev–Trinajstić information content (AvgIpc) is 3.14. The number of nitrogens with zero attached hydrogens (tertiary/aromatic N) is 1. The summed E-state index contributed by atoms with van der Waals surface area (Å²) in [6.07, 6.45) is 5.65. The average molecular weight is 239 g/mol. The van der Waals surface area contributed by atoms with E-state index in [0.29, 0.717) is 18.5 Å². The van der Waals surface area contributed by atoms with Crippen LogP contribution in [-0.2, 0) is 4.79 Å². The summed E-state index contributed by atoms with van der Waals surface area (Å²) in [5, 5.41) is 6.37. The second kappa shape index (κ2) is 5.83. The van der Waals surface area contributed by atoms with E-state index >= 15 is 0 Å². The van der Waals surface area contributed by atoms with Crippen molar-refractivity contribution in [2.75, 3.05) is 20.1 Å². The van der Waals surface area contributed by atoms with Crippen molar-refractivity contribution in [3.05, 3.63) is 0 Å². The minimum Gasteiger partial charge on any atom is -0.353 e. The fourth-order valence-electron chi connectivity index (χ4n) is 2.03. The van der Waals surface area contributed by atoms with E-state index in [2.05, 4.69) is 29.5 Å². The maximum atomic E-state index is 11.4.